The first-order valence-electron chi connectivity index (χ1n) is 6.23. The maximum absolute atomic E-state index is 11.9. The van der Waals surface area contributed by atoms with Crippen molar-refractivity contribution in [3.8, 4) is 0 Å². The Morgan fingerprint density at radius 2 is 2.09 bits per heavy atom. The second kappa shape index (κ2) is 5.18. The summed E-state index contributed by atoms with van der Waals surface area (Å²) < 4.78 is 25.4. The molecular weight excluding hydrogens is 326 g/mol. The number of nitro groups is 1. The molecule has 3 rings (SSSR count). The van der Waals surface area contributed by atoms with Crippen molar-refractivity contribution in [2.75, 3.05) is 6.26 Å². The van der Waals surface area contributed by atoms with E-state index in [0.717, 1.165) is 17.6 Å². The predicted octanol–water partition coefficient (Wildman–Crippen LogP) is 2.46. The molecule has 1 aromatic carbocycles. The molecule has 0 aliphatic heterocycles. The van der Waals surface area contributed by atoms with Crippen molar-refractivity contribution in [2.24, 2.45) is 0 Å². The van der Waals surface area contributed by atoms with Crippen molar-refractivity contribution in [2.45, 2.75) is 11.7 Å². The molecule has 0 atom stereocenters. The Kier molecular flexibility index (Phi) is 3.45. The Hall–Kier alpha value is -2.26. The minimum atomic E-state index is -3.50. The van der Waals surface area contributed by atoms with Gasteiger partial charge in [-0.2, -0.15) is 0 Å². The van der Waals surface area contributed by atoms with Gasteiger partial charge in [0.2, 0.25) is 15.0 Å². The minimum absolute atomic E-state index is 0.0281. The summed E-state index contributed by atoms with van der Waals surface area (Å²) in [5, 5.41) is 12.4. The number of thiophene rings is 1. The molecule has 0 amide bonds. The molecule has 3 aromatic rings. The molecule has 0 N–H and O–H groups in total. The molecule has 0 bridgehead atoms. The molecule has 22 heavy (non-hydrogen) atoms. The van der Waals surface area contributed by atoms with E-state index in [1.165, 1.54) is 6.07 Å². The van der Waals surface area contributed by atoms with Gasteiger partial charge in [-0.1, -0.05) is 23.5 Å². The van der Waals surface area contributed by atoms with Crippen LogP contribution >= 0.6 is 11.3 Å². The topological polar surface area (TPSA) is 95.1 Å². The molecule has 0 saturated heterocycles. The van der Waals surface area contributed by atoms with Gasteiger partial charge < -0.3 is 4.57 Å². The molecule has 0 unspecified atom stereocenters. The molecule has 0 spiro atoms. The summed E-state index contributed by atoms with van der Waals surface area (Å²) in [5.74, 6) is 0. The lowest BCUT2D eigenvalue weighted by molar-refractivity contribution is -0.380. The van der Waals surface area contributed by atoms with Crippen LogP contribution in [0.25, 0.3) is 11.0 Å². The summed E-state index contributed by atoms with van der Waals surface area (Å²) in [6, 6.07) is 8.53. The monoisotopic (exact) mass is 337 g/mol. The van der Waals surface area contributed by atoms with Crippen LogP contribution in [-0.2, 0) is 16.4 Å². The number of nitrogens with zero attached hydrogens (tertiary/aromatic N) is 3. The molecule has 0 saturated carbocycles. The van der Waals surface area contributed by atoms with Crippen LogP contribution in [0, 0.1) is 10.1 Å². The molecule has 7 nitrogen and oxygen atoms in total. The van der Waals surface area contributed by atoms with Crippen LogP contribution in [0.3, 0.4) is 0 Å². The second-order valence-electron chi connectivity index (χ2n) is 4.79. The standard InChI is InChI=1S/C13H11N3O4S2/c1-22(19,20)13-14-10-4-2-3-5-11(10)15(13)7-9-6-12(16(17)18)21-8-9/h2-6,8H,7H2,1H3. The Morgan fingerprint density at radius 1 is 1.36 bits per heavy atom. The van der Waals surface area contributed by atoms with Crippen LogP contribution in [-0.4, -0.2) is 29.1 Å². The molecule has 0 aliphatic carbocycles. The number of benzene rings is 1. The number of sulfone groups is 1. The number of imidazole rings is 1. The Labute approximate surface area is 129 Å². The fraction of sp³-hybridized carbons (Fsp3) is 0.154. The van der Waals surface area contributed by atoms with Crippen LogP contribution in [0.1, 0.15) is 5.56 Å². The molecule has 0 fully saturated rings. The van der Waals surface area contributed by atoms with Crippen molar-refractivity contribution in [3.63, 3.8) is 0 Å². The molecule has 114 valence electrons. The summed E-state index contributed by atoms with van der Waals surface area (Å²) in [4.78, 5) is 14.5. The lowest BCUT2D eigenvalue weighted by Crippen LogP contribution is -2.09. The summed E-state index contributed by atoms with van der Waals surface area (Å²) in [6.07, 6.45) is 1.10. The summed E-state index contributed by atoms with van der Waals surface area (Å²) in [7, 11) is -3.50. The second-order valence-corrected chi connectivity index (χ2v) is 7.59. The van der Waals surface area contributed by atoms with Gasteiger partial charge in [0.1, 0.15) is 0 Å². The highest BCUT2D eigenvalue weighted by molar-refractivity contribution is 7.90. The Bertz CT molecular complexity index is 972. The van der Waals surface area contributed by atoms with Crippen LogP contribution in [0.15, 0.2) is 40.9 Å². The zero-order valence-electron chi connectivity index (χ0n) is 11.5. The summed E-state index contributed by atoms with van der Waals surface area (Å²) in [6.45, 7) is 0.216. The van der Waals surface area contributed by atoms with Crippen LogP contribution < -0.4 is 0 Å². The third-order valence-electron chi connectivity index (χ3n) is 3.11. The molecule has 0 aliphatic rings. The van der Waals surface area contributed by atoms with E-state index in [2.05, 4.69) is 4.98 Å². The number of rotatable bonds is 4. The average Bonchev–Trinajstić information content (AvgIpc) is 3.04. The lowest BCUT2D eigenvalue weighted by Gasteiger charge is -2.06. The lowest BCUT2D eigenvalue weighted by atomic mass is 10.3. The molecule has 0 radical (unpaired) electrons. The highest BCUT2D eigenvalue weighted by Crippen LogP contribution is 2.26. The fourth-order valence-corrected chi connectivity index (χ4v) is 3.76. The SMILES string of the molecule is CS(=O)(=O)c1nc2ccccc2n1Cc1csc([N+](=O)[O-])c1. The third kappa shape index (κ3) is 2.60. The molecule has 9 heteroatoms. The Balaban J connectivity index is 2.14. The maximum atomic E-state index is 11.9. The Morgan fingerprint density at radius 3 is 2.73 bits per heavy atom. The van der Waals surface area contributed by atoms with E-state index in [9.17, 15) is 18.5 Å². The molecular formula is C13H11N3O4S2. The van der Waals surface area contributed by atoms with Gasteiger partial charge in [-0.05, 0) is 17.7 Å². The van der Waals surface area contributed by atoms with Crippen molar-refractivity contribution in [3.05, 3.63) is 51.4 Å². The van der Waals surface area contributed by atoms with E-state index in [0.29, 0.717) is 16.6 Å². The first-order valence-corrected chi connectivity index (χ1v) is 9.00. The highest BCUT2D eigenvalue weighted by Gasteiger charge is 2.20. The number of hydrogen-bond acceptors (Lipinski definition) is 6. The van der Waals surface area contributed by atoms with E-state index < -0.39 is 14.8 Å². The van der Waals surface area contributed by atoms with E-state index >= 15 is 0 Å². The number of fused-ring (bicyclic) bond motifs is 1. The van der Waals surface area contributed by atoms with Gasteiger partial charge in [0, 0.05) is 17.7 Å². The van der Waals surface area contributed by atoms with Gasteiger partial charge in [-0.25, -0.2) is 13.4 Å². The number of hydrogen-bond donors (Lipinski definition) is 0. The summed E-state index contributed by atoms with van der Waals surface area (Å²) >= 11 is 1.02. The van der Waals surface area contributed by atoms with Gasteiger partial charge in [0.25, 0.3) is 0 Å². The van der Waals surface area contributed by atoms with Crippen molar-refractivity contribution in [1.29, 1.82) is 0 Å². The molecule has 2 aromatic heterocycles. The van der Waals surface area contributed by atoms with Gasteiger partial charge >= 0.3 is 5.00 Å². The van der Waals surface area contributed by atoms with Gasteiger partial charge in [-0.15, -0.1) is 0 Å². The van der Waals surface area contributed by atoms with E-state index in [1.54, 1.807) is 34.2 Å². The van der Waals surface area contributed by atoms with Gasteiger partial charge in [-0.3, -0.25) is 10.1 Å². The smallest absolute Gasteiger partial charge is 0.310 e. The van der Waals surface area contributed by atoms with Crippen molar-refractivity contribution < 1.29 is 13.3 Å². The zero-order chi connectivity index (χ0) is 15.9. The van der Waals surface area contributed by atoms with Crippen LogP contribution in [0.4, 0.5) is 5.00 Å². The van der Waals surface area contributed by atoms with E-state index in [-0.39, 0.29) is 16.7 Å². The molecule has 2 heterocycles. The van der Waals surface area contributed by atoms with Gasteiger partial charge in [0.05, 0.1) is 22.5 Å². The van der Waals surface area contributed by atoms with Gasteiger partial charge in [0.15, 0.2) is 0 Å². The quantitative estimate of drug-likeness (QED) is 0.538. The zero-order valence-corrected chi connectivity index (χ0v) is 13.1. The fourth-order valence-electron chi connectivity index (χ4n) is 2.21. The van der Waals surface area contributed by atoms with Crippen molar-refractivity contribution in [1.82, 2.24) is 9.55 Å². The summed E-state index contributed by atoms with van der Waals surface area (Å²) in [5.41, 5.74) is 1.93. The van der Waals surface area contributed by atoms with E-state index in [4.69, 9.17) is 0 Å². The largest absolute Gasteiger partial charge is 0.324 e. The predicted molar refractivity (Wildman–Crippen MR) is 82.9 cm³/mol. The maximum Gasteiger partial charge on any atom is 0.324 e. The average molecular weight is 337 g/mol. The first kappa shape index (κ1) is 14.7. The normalized spacial score (nSPS) is 11.9. The van der Waals surface area contributed by atoms with Crippen molar-refractivity contribution >= 4 is 37.2 Å². The van der Waals surface area contributed by atoms with E-state index in [1.807, 2.05) is 0 Å². The highest BCUT2D eigenvalue weighted by atomic mass is 32.2. The number of aromatic nitrogens is 2. The number of para-hydroxylation sites is 2. The van der Waals surface area contributed by atoms with Crippen LogP contribution in [0.2, 0.25) is 0 Å². The minimum Gasteiger partial charge on any atom is -0.310 e. The first-order chi connectivity index (χ1) is 10.4. The van der Waals surface area contributed by atoms with Crippen LogP contribution in [0.5, 0.6) is 0 Å². The third-order valence-corrected chi connectivity index (χ3v) is 5.02.